The van der Waals surface area contributed by atoms with Crippen LogP contribution in [0.2, 0.25) is 0 Å². The van der Waals surface area contributed by atoms with E-state index in [9.17, 15) is 4.39 Å². The molecule has 0 fully saturated rings. The second kappa shape index (κ2) is 11.0. The molecule has 0 bridgehead atoms. The topological polar surface area (TPSA) is 39.7 Å². The predicted octanol–water partition coefficient (Wildman–Crippen LogP) is 5.52. The third-order valence-electron chi connectivity index (χ3n) is 4.78. The fraction of sp³-hybridized carbons (Fsp3) is 0.250. The molecular formula is C24H25BrFNO3. The molecule has 0 atom stereocenters. The Balaban J connectivity index is 1.69. The first-order valence-electron chi connectivity index (χ1n) is 9.68. The van der Waals surface area contributed by atoms with E-state index in [-0.39, 0.29) is 12.4 Å². The normalized spacial score (nSPS) is 10.7. The summed E-state index contributed by atoms with van der Waals surface area (Å²) in [5, 5.41) is 3.45. The van der Waals surface area contributed by atoms with Crippen molar-refractivity contribution < 1.29 is 18.6 Å². The predicted molar refractivity (Wildman–Crippen MR) is 120 cm³/mol. The highest BCUT2D eigenvalue weighted by Crippen LogP contribution is 2.37. The van der Waals surface area contributed by atoms with E-state index >= 15 is 0 Å². The molecule has 0 saturated carbocycles. The van der Waals surface area contributed by atoms with Crippen molar-refractivity contribution in [3.63, 3.8) is 0 Å². The SMILES string of the molecule is COc1ccccc1CCNCc1c(Br)ccc(OC)c1OCc1ccccc1F. The van der Waals surface area contributed by atoms with Crippen molar-refractivity contribution in [3.8, 4) is 17.2 Å². The minimum absolute atomic E-state index is 0.119. The lowest BCUT2D eigenvalue weighted by Gasteiger charge is -2.17. The van der Waals surface area contributed by atoms with Gasteiger partial charge in [-0.05, 0) is 42.8 Å². The highest BCUT2D eigenvalue weighted by atomic mass is 79.9. The second-order valence-corrected chi connectivity index (χ2v) is 7.53. The molecule has 1 N–H and O–H groups in total. The van der Waals surface area contributed by atoms with Crippen molar-refractivity contribution in [2.24, 2.45) is 0 Å². The number of hydrogen-bond donors (Lipinski definition) is 1. The number of para-hydroxylation sites is 1. The molecule has 0 spiro atoms. The van der Waals surface area contributed by atoms with Gasteiger partial charge in [0.05, 0.1) is 14.2 Å². The van der Waals surface area contributed by atoms with Gasteiger partial charge in [-0.15, -0.1) is 0 Å². The van der Waals surface area contributed by atoms with Crippen molar-refractivity contribution in [3.05, 3.63) is 87.6 Å². The van der Waals surface area contributed by atoms with Gasteiger partial charge in [-0.2, -0.15) is 0 Å². The van der Waals surface area contributed by atoms with E-state index in [0.717, 1.165) is 34.3 Å². The van der Waals surface area contributed by atoms with Gasteiger partial charge in [-0.3, -0.25) is 0 Å². The summed E-state index contributed by atoms with van der Waals surface area (Å²) in [7, 11) is 3.27. The average Bonchev–Trinajstić information content (AvgIpc) is 2.77. The van der Waals surface area contributed by atoms with E-state index < -0.39 is 0 Å². The Bertz CT molecular complexity index is 980. The van der Waals surface area contributed by atoms with Crippen LogP contribution in [0.3, 0.4) is 0 Å². The zero-order chi connectivity index (χ0) is 21.3. The largest absolute Gasteiger partial charge is 0.496 e. The van der Waals surface area contributed by atoms with Crippen molar-refractivity contribution >= 4 is 15.9 Å². The van der Waals surface area contributed by atoms with Crippen molar-refractivity contribution in [1.29, 1.82) is 0 Å². The molecule has 0 aliphatic carbocycles. The van der Waals surface area contributed by atoms with Gasteiger partial charge in [0.1, 0.15) is 18.2 Å². The molecule has 0 radical (unpaired) electrons. The number of methoxy groups -OCH3 is 2. The third kappa shape index (κ3) is 5.52. The first-order chi connectivity index (χ1) is 14.6. The van der Waals surface area contributed by atoms with Crippen LogP contribution in [0.5, 0.6) is 17.2 Å². The smallest absolute Gasteiger partial charge is 0.167 e. The monoisotopic (exact) mass is 473 g/mol. The quantitative estimate of drug-likeness (QED) is 0.393. The molecule has 0 aromatic heterocycles. The maximum atomic E-state index is 14.0. The van der Waals surface area contributed by atoms with Gasteiger partial charge in [-0.1, -0.05) is 52.3 Å². The summed E-state index contributed by atoms with van der Waals surface area (Å²) < 4.78 is 31.8. The van der Waals surface area contributed by atoms with Gasteiger partial charge < -0.3 is 19.5 Å². The minimum Gasteiger partial charge on any atom is -0.496 e. The number of benzene rings is 3. The molecule has 3 rings (SSSR count). The summed E-state index contributed by atoms with van der Waals surface area (Å²) in [6.07, 6.45) is 0.830. The summed E-state index contributed by atoms with van der Waals surface area (Å²) in [6.45, 7) is 1.45. The number of halogens is 2. The standard InChI is InChI=1S/C24H25BrFNO3/c1-28-22-10-6-4-7-17(22)13-14-27-15-19-20(25)11-12-23(29-2)24(19)30-16-18-8-3-5-9-21(18)26/h3-12,27H,13-16H2,1-2H3. The molecule has 0 aliphatic rings. The Morgan fingerprint density at radius 3 is 2.30 bits per heavy atom. The Morgan fingerprint density at radius 2 is 1.57 bits per heavy atom. The second-order valence-electron chi connectivity index (χ2n) is 6.68. The Kier molecular flexibility index (Phi) is 8.11. The molecule has 6 heteroatoms. The van der Waals surface area contributed by atoms with Gasteiger partial charge in [0, 0.05) is 22.1 Å². The van der Waals surface area contributed by atoms with E-state index in [4.69, 9.17) is 14.2 Å². The van der Waals surface area contributed by atoms with Crippen LogP contribution >= 0.6 is 15.9 Å². The van der Waals surface area contributed by atoms with Crippen LogP contribution in [0.4, 0.5) is 4.39 Å². The van der Waals surface area contributed by atoms with Crippen LogP contribution in [0, 0.1) is 5.82 Å². The third-order valence-corrected chi connectivity index (χ3v) is 5.53. The number of nitrogens with one attached hydrogen (secondary N) is 1. The lowest BCUT2D eigenvalue weighted by atomic mass is 10.1. The average molecular weight is 474 g/mol. The van der Waals surface area contributed by atoms with Crippen molar-refractivity contribution in [1.82, 2.24) is 5.32 Å². The van der Waals surface area contributed by atoms with Crippen LogP contribution in [-0.2, 0) is 19.6 Å². The molecule has 30 heavy (non-hydrogen) atoms. The Labute approximate surface area is 185 Å². The molecule has 0 heterocycles. The Hall–Kier alpha value is -2.57. The first kappa shape index (κ1) is 22.1. The molecule has 0 amide bonds. The molecule has 3 aromatic carbocycles. The molecular weight excluding hydrogens is 449 g/mol. The zero-order valence-corrected chi connectivity index (χ0v) is 18.7. The summed E-state index contributed by atoms with van der Waals surface area (Å²) >= 11 is 3.60. The summed E-state index contributed by atoms with van der Waals surface area (Å²) in [6, 6.07) is 18.3. The lowest BCUT2D eigenvalue weighted by molar-refractivity contribution is 0.275. The van der Waals surface area contributed by atoms with E-state index in [2.05, 4.69) is 27.3 Å². The number of ether oxygens (including phenoxy) is 3. The van der Waals surface area contributed by atoms with Crippen LogP contribution in [0.15, 0.2) is 65.1 Å². The van der Waals surface area contributed by atoms with Gasteiger partial charge in [0.25, 0.3) is 0 Å². The van der Waals surface area contributed by atoms with Crippen molar-refractivity contribution in [2.75, 3.05) is 20.8 Å². The minimum atomic E-state index is -0.289. The highest BCUT2D eigenvalue weighted by Gasteiger charge is 2.15. The van der Waals surface area contributed by atoms with Crippen LogP contribution in [-0.4, -0.2) is 20.8 Å². The molecule has 158 valence electrons. The van der Waals surface area contributed by atoms with E-state index in [1.165, 1.54) is 6.07 Å². The van der Waals surface area contributed by atoms with Crippen LogP contribution in [0.25, 0.3) is 0 Å². The Morgan fingerprint density at radius 1 is 0.867 bits per heavy atom. The number of hydrogen-bond acceptors (Lipinski definition) is 4. The van der Waals surface area contributed by atoms with Crippen LogP contribution in [0.1, 0.15) is 16.7 Å². The van der Waals surface area contributed by atoms with E-state index in [1.54, 1.807) is 32.4 Å². The maximum absolute atomic E-state index is 14.0. The summed E-state index contributed by atoms with van der Waals surface area (Å²) in [4.78, 5) is 0. The highest BCUT2D eigenvalue weighted by molar-refractivity contribution is 9.10. The van der Waals surface area contributed by atoms with Gasteiger partial charge in [0.15, 0.2) is 11.5 Å². The molecule has 3 aromatic rings. The van der Waals surface area contributed by atoms with Gasteiger partial charge in [0.2, 0.25) is 0 Å². The van der Waals surface area contributed by atoms with Crippen LogP contribution < -0.4 is 19.5 Å². The lowest BCUT2D eigenvalue weighted by Crippen LogP contribution is -2.18. The van der Waals surface area contributed by atoms with Gasteiger partial charge >= 0.3 is 0 Å². The van der Waals surface area contributed by atoms with Crippen molar-refractivity contribution in [2.45, 2.75) is 19.6 Å². The zero-order valence-electron chi connectivity index (χ0n) is 17.1. The van der Waals surface area contributed by atoms with Gasteiger partial charge in [-0.25, -0.2) is 4.39 Å². The summed E-state index contributed by atoms with van der Waals surface area (Å²) in [5.74, 6) is 1.80. The van der Waals surface area contributed by atoms with E-state index in [1.807, 2.05) is 30.3 Å². The summed E-state index contributed by atoms with van der Waals surface area (Å²) in [5.41, 5.74) is 2.56. The first-order valence-corrected chi connectivity index (χ1v) is 10.5. The van der Waals surface area contributed by atoms with E-state index in [0.29, 0.717) is 23.6 Å². The molecule has 0 aliphatic heterocycles. The molecule has 0 saturated heterocycles. The fourth-order valence-electron chi connectivity index (χ4n) is 3.18. The molecule has 0 unspecified atom stereocenters. The maximum Gasteiger partial charge on any atom is 0.167 e. The number of rotatable bonds is 10. The molecule has 4 nitrogen and oxygen atoms in total. The fourth-order valence-corrected chi connectivity index (χ4v) is 3.63.